The van der Waals surface area contributed by atoms with Crippen LogP contribution in [0.25, 0.3) is 10.6 Å². The molecule has 1 aromatic carbocycles. The maximum atomic E-state index is 12.7. The summed E-state index contributed by atoms with van der Waals surface area (Å²) < 4.78 is 0.862. The van der Waals surface area contributed by atoms with E-state index in [9.17, 15) is 19.2 Å². The van der Waals surface area contributed by atoms with E-state index in [1.165, 1.54) is 24.5 Å². The molecule has 1 atom stereocenters. The number of aliphatic imine (C=N–C) groups is 1. The summed E-state index contributed by atoms with van der Waals surface area (Å²) in [6.45, 7) is 6.36. The number of Topliss-reactive ketones (excluding diaryl/α,β-unsaturated/α-hetero) is 1. The predicted molar refractivity (Wildman–Crippen MR) is 149 cm³/mol. The van der Waals surface area contributed by atoms with Gasteiger partial charge in [-0.1, -0.05) is 49.2 Å². The van der Waals surface area contributed by atoms with Crippen molar-refractivity contribution in [3.63, 3.8) is 0 Å². The zero-order valence-corrected chi connectivity index (χ0v) is 22.9. The SMILES string of the molecule is CCC(=O)Cn1c(=O)[nH]c(/N=C\C(C)=C/[C@@H](C)C(=O)Nc2csc(-c3ccc(Cl)c(Cl)c3)n2)c(C)c1=O. The highest BCUT2D eigenvalue weighted by atomic mass is 35.5. The molecule has 0 saturated carbocycles. The number of nitrogens with one attached hydrogen (secondary N) is 2. The first-order chi connectivity index (χ1) is 17.5. The van der Waals surface area contributed by atoms with Gasteiger partial charge in [0, 0.05) is 23.6 Å². The first-order valence-electron chi connectivity index (χ1n) is 11.3. The summed E-state index contributed by atoms with van der Waals surface area (Å²) in [4.78, 5) is 60.3. The molecule has 0 radical (unpaired) electrons. The van der Waals surface area contributed by atoms with Crippen LogP contribution in [0.2, 0.25) is 10.0 Å². The smallest absolute Gasteiger partial charge is 0.309 e. The fourth-order valence-electron chi connectivity index (χ4n) is 3.23. The molecular formula is C25H25Cl2N5O4S. The molecule has 37 heavy (non-hydrogen) atoms. The van der Waals surface area contributed by atoms with Crippen LogP contribution in [-0.2, 0) is 16.1 Å². The van der Waals surface area contributed by atoms with Gasteiger partial charge in [-0.25, -0.2) is 14.8 Å². The Labute approximate surface area is 226 Å². The second-order valence-electron chi connectivity index (χ2n) is 8.30. The Morgan fingerprint density at radius 3 is 2.68 bits per heavy atom. The zero-order chi connectivity index (χ0) is 27.3. The molecule has 0 saturated heterocycles. The molecule has 2 heterocycles. The summed E-state index contributed by atoms with van der Waals surface area (Å²) >= 11 is 13.4. The van der Waals surface area contributed by atoms with Gasteiger partial charge in [0.2, 0.25) is 5.91 Å². The molecule has 3 rings (SSSR count). The summed E-state index contributed by atoms with van der Waals surface area (Å²) in [5.41, 5.74) is 0.360. The number of carbonyl (C=O) groups excluding carboxylic acids is 2. The van der Waals surface area contributed by atoms with E-state index >= 15 is 0 Å². The Morgan fingerprint density at radius 1 is 1.27 bits per heavy atom. The van der Waals surface area contributed by atoms with Gasteiger partial charge < -0.3 is 5.32 Å². The molecule has 194 valence electrons. The van der Waals surface area contributed by atoms with Gasteiger partial charge in [0.1, 0.15) is 16.6 Å². The maximum absolute atomic E-state index is 12.7. The lowest BCUT2D eigenvalue weighted by molar-refractivity contribution is -0.119. The van der Waals surface area contributed by atoms with Crippen LogP contribution in [0, 0.1) is 12.8 Å². The third-order valence-electron chi connectivity index (χ3n) is 5.37. The van der Waals surface area contributed by atoms with Gasteiger partial charge in [-0.3, -0.25) is 23.9 Å². The van der Waals surface area contributed by atoms with E-state index in [0.29, 0.717) is 26.4 Å². The molecule has 0 aliphatic heterocycles. The number of ketones is 1. The highest BCUT2D eigenvalue weighted by molar-refractivity contribution is 7.13. The van der Waals surface area contributed by atoms with E-state index in [1.54, 1.807) is 50.4 Å². The quantitative estimate of drug-likeness (QED) is 0.348. The van der Waals surface area contributed by atoms with Crippen molar-refractivity contribution < 1.29 is 9.59 Å². The third kappa shape index (κ3) is 7.12. The molecule has 9 nitrogen and oxygen atoms in total. The number of allylic oxidation sites excluding steroid dienone is 1. The molecule has 12 heteroatoms. The minimum Gasteiger partial charge on any atom is -0.309 e. The van der Waals surface area contributed by atoms with Crippen molar-refractivity contribution in [1.29, 1.82) is 0 Å². The summed E-state index contributed by atoms with van der Waals surface area (Å²) in [6.07, 6.45) is 3.37. The first-order valence-corrected chi connectivity index (χ1v) is 12.9. The monoisotopic (exact) mass is 561 g/mol. The zero-order valence-electron chi connectivity index (χ0n) is 20.6. The number of hydrogen-bond acceptors (Lipinski definition) is 7. The Bertz CT molecular complexity index is 1520. The topological polar surface area (TPSA) is 126 Å². The highest BCUT2D eigenvalue weighted by Gasteiger charge is 2.15. The van der Waals surface area contributed by atoms with Gasteiger partial charge >= 0.3 is 5.69 Å². The predicted octanol–water partition coefficient (Wildman–Crippen LogP) is 5.18. The Balaban J connectivity index is 1.69. The fraction of sp³-hybridized carbons (Fsp3) is 0.280. The average molecular weight is 562 g/mol. The number of benzene rings is 1. The van der Waals surface area contributed by atoms with Crippen LogP contribution in [0.15, 0.2) is 49.8 Å². The number of hydrogen-bond donors (Lipinski definition) is 2. The molecule has 2 N–H and O–H groups in total. The number of amides is 1. The highest BCUT2D eigenvalue weighted by Crippen LogP contribution is 2.31. The van der Waals surface area contributed by atoms with E-state index in [4.69, 9.17) is 23.2 Å². The summed E-state index contributed by atoms with van der Waals surface area (Å²) in [7, 11) is 0. The molecule has 0 unspecified atom stereocenters. The fourth-order valence-corrected chi connectivity index (χ4v) is 4.28. The van der Waals surface area contributed by atoms with Gasteiger partial charge in [-0.2, -0.15) is 0 Å². The number of nitrogens with zero attached hydrogens (tertiary/aromatic N) is 3. The number of H-pyrrole nitrogens is 1. The summed E-state index contributed by atoms with van der Waals surface area (Å²) in [6, 6.07) is 5.20. The summed E-state index contributed by atoms with van der Waals surface area (Å²) in [5.74, 6) is -0.505. The van der Waals surface area contributed by atoms with Crippen LogP contribution >= 0.6 is 34.5 Å². The summed E-state index contributed by atoms with van der Waals surface area (Å²) in [5, 5.41) is 6.07. The lowest BCUT2D eigenvalue weighted by atomic mass is 10.1. The number of aromatic amines is 1. The number of anilines is 1. The van der Waals surface area contributed by atoms with Crippen LogP contribution in [0.5, 0.6) is 0 Å². The molecule has 0 bridgehead atoms. The Kier molecular flexibility index (Phi) is 9.36. The van der Waals surface area contributed by atoms with E-state index in [0.717, 1.165) is 10.1 Å². The van der Waals surface area contributed by atoms with Crippen LogP contribution in [0.1, 0.15) is 32.8 Å². The van der Waals surface area contributed by atoms with Gasteiger partial charge in [0.25, 0.3) is 5.56 Å². The van der Waals surface area contributed by atoms with Gasteiger partial charge in [0.05, 0.1) is 28.1 Å². The standard InChI is InChI=1S/C25H25Cl2N5O4S/c1-5-17(33)11-32-24(35)15(4)21(31-25(32)36)28-10-13(2)8-14(3)22(34)29-20-12-37-23(30-20)16-6-7-18(26)19(27)9-16/h6-10,12,14H,5,11H2,1-4H3,(H,29,34)(H,31,36)/b13-8-,28-10-/t14-/m1/s1. The van der Waals surface area contributed by atoms with Crippen LogP contribution in [-0.4, -0.2) is 32.4 Å². The third-order valence-corrected chi connectivity index (χ3v) is 7.00. The minimum absolute atomic E-state index is 0.0948. The van der Waals surface area contributed by atoms with Crippen LogP contribution in [0.4, 0.5) is 11.6 Å². The molecule has 1 amide bonds. The van der Waals surface area contributed by atoms with E-state index in [2.05, 4.69) is 20.3 Å². The van der Waals surface area contributed by atoms with E-state index in [-0.39, 0.29) is 36.0 Å². The van der Waals surface area contributed by atoms with Gasteiger partial charge in [0.15, 0.2) is 5.78 Å². The lowest BCUT2D eigenvalue weighted by Gasteiger charge is -2.08. The Hall–Kier alpha value is -3.34. The van der Waals surface area contributed by atoms with Crippen molar-refractivity contribution >= 4 is 64.1 Å². The van der Waals surface area contributed by atoms with Crippen molar-refractivity contribution in [2.24, 2.45) is 10.9 Å². The van der Waals surface area contributed by atoms with Gasteiger partial charge in [-0.15, -0.1) is 11.3 Å². The molecule has 3 aromatic rings. The average Bonchev–Trinajstić information content (AvgIpc) is 3.33. The molecule has 0 fully saturated rings. The largest absolute Gasteiger partial charge is 0.330 e. The van der Waals surface area contributed by atoms with E-state index < -0.39 is 17.2 Å². The van der Waals surface area contributed by atoms with Crippen LogP contribution < -0.4 is 16.6 Å². The normalized spacial score (nSPS) is 12.6. The number of carbonyl (C=O) groups is 2. The molecule has 0 spiro atoms. The second-order valence-corrected chi connectivity index (χ2v) is 9.97. The number of thiazole rings is 1. The van der Waals surface area contributed by atoms with Crippen LogP contribution in [0.3, 0.4) is 0 Å². The molecule has 0 aliphatic rings. The molecular weight excluding hydrogens is 537 g/mol. The van der Waals surface area contributed by atoms with Crippen molar-refractivity contribution in [1.82, 2.24) is 14.5 Å². The maximum Gasteiger partial charge on any atom is 0.330 e. The van der Waals surface area contributed by atoms with Crippen molar-refractivity contribution in [3.8, 4) is 10.6 Å². The number of aromatic nitrogens is 3. The molecule has 2 aromatic heterocycles. The first kappa shape index (κ1) is 28.2. The lowest BCUT2D eigenvalue weighted by Crippen LogP contribution is -2.38. The van der Waals surface area contributed by atoms with Crippen molar-refractivity contribution in [2.75, 3.05) is 5.32 Å². The number of rotatable bonds is 9. The minimum atomic E-state index is -0.706. The number of halogens is 2. The van der Waals surface area contributed by atoms with Crippen molar-refractivity contribution in [3.05, 3.63) is 71.7 Å². The van der Waals surface area contributed by atoms with Gasteiger partial charge in [-0.05, 0) is 31.6 Å². The van der Waals surface area contributed by atoms with Crippen molar-refractivity contribution in [2.45, 2.75) is 40.7 Å². The Morgan fingerprint density at radius 2 is 2.00 bits per heavy atom. The second kappa shape index (κ2) is 12.3. The molecule has 0 aliphatic carbocycles. The van der Waals surface area contributed by atoms with E-state index in [1.807, 2.05) is 0 Å².